The van der Waals surface area contributed by atoms with Crippen LogP contribution >= 0.6 is 11.3 Å². The first-order chi connectivity index (χ1) is 8.45. The summed E-state index contributed by atoms with van der Waals surface area (Å²) in [6.07, 6.45) is 0. The summed E-state index contributed by atoms with van der Waals surface area (Å²) in [6, 6.07) is 3.20. The third kappa shape index (κ3) is 2.62. The predicted octanol–water partition coefficient (Wildman–Crippen LogP) is -0.121. The minimum atomic E-state index is -4.19. The van der Waals surface area contributed by atoms with Crippen LogP contribution in [-0.4, -0.2) is 41.9 Å². The van der Waals surface area contributed by atoms with E-state index in [1.54, 1.807) is 12.1 Å². The average molecular weight is 286 g/mol. The second-order valence-corrected chi connectivity index (χ2v) is 5.87. The van der Waals surface area contributed by atoms with Crippen LogP contribution in [0, 0.1) is 22.7 Å². The Morgan fingerprint density at radius 1 is 1.44 bits per heavy atom. The van der Waals surface area contributed by atoms with Gasteiger partial charge in [-0.05, 0) is 0 Å². The molecule has 0 aliphatic heterocycles. The molecule has 10 heteroatoms. The lowest BCUT2D eigenvalue weighted by molar-refractivity contribution is 0.0687. The van der Waals surface area contributed by atoms with E-state index in [1.807, 2.05) is 0 Å². The Labute approximate surface area is 106 Å². The van der Waals surface area contributed by atoms with Gasteiger partial charge in [-0.1, -0.05) is 0 Å². The molecule has 0 aliphatic rings. The lowest BCUT2D eigenvalue weighted by Crippen LogP contribution is -2.32. The molecule has 0 saturated heterocycles. The molecule has 18 heavy (non-hydrogen) atoms. The van der Waals surface area contributed by atoms with Crippen molar-refractivity contribution in [2.75, 3.05) is 13.1 Å². The van der Waals surface area contributed by atoms with Crippen LogP contribution in [0.4, 0.5) is 0 Å². The number of aromatic carboxylic acids is 1. The second kappa shape index (κ2) is 5.55. The summed E-state index contributed by atoms with van der Waals surface area (Å²) in [6.45, 7) is -1.07. The number of hydrogen-bond acceptors (Lipinski definition) is 7. The highest BCUT2D eigenvalue weighted by atomic mass is 32.2. The number of carboxylic acids is 1. The number of carbonyl (C=O) groups is 1. The summed E-state index contributed by atoms with van der Waals surface area (Å²) < 4.78 is 24.2. The SMILES string of the molecule is N#CCN(CC#N)S(=O)(=O)c1scnc1C(=O)O. The van der Waals surface area contributed by atoms with E-state index in [0.29, 0.717) is 15.6 Å². The molecule has 1 heterocycles. The Morgan fingerprint density at radius 3 is 2.44 bits per heavy atom. The highest BCUT2D eigenvalue weighted by Gasteiger charge is 2.31. The molecule has 94 valence electrons. The molecule has 1 rings (SSSR count). The van der Waals surface area contributed by atoms with Crippen molar-refractivity contribution in [3.05, 3.63) is 11.2 Å². The third-order valence-corrected chi connectivity index (χ3v) is 4.94. The molecule has 0 radical (unpaired) electrons. The highest BCUT2D eigenvalue weighted by Crippen LogP contribution is 2.23. The van der Waals surface area contributed by atoms with Crippen molar-refractivity contribution >= 4 is 27.3 Å². The highest BCUT2D eigenvalue weighted by molar-refractivity contribution is 7.91. The quantitative estimate of drug-likeness (QED) is 0.745. The number of rotatable bonds is 5. The molecule has 1 aromatic heterocycles. The third-order valence-electron chi connectivity index (χ3n) is 1.81. The van der Waals surface area contributed by atoms with Gasteiger partial charge in [0.2, 0.25) is 0 Å². The molecule has 0 spiro atoms. The molecule has 0 aliphatic carbocycles. The molecular weight excluding hydrogens is 280 g/mol. The van der Waals surface area contributed by atoms with E-state index in [4.69, 9.17) is 15.6 Å². The fourth-order valence-electron chi connectivity index (χ4n) is 1.06. The normalized spacial score (nSPS) is 10.8. The number of carboxylic acid groups (broad SMARTS) is 1. The van der Waals surface area contributed by atoms with Gasteiger partial charge in [0.25, 0.3) is 10.0 Å². The molecular formula is C8H6N4O4S2. The summed E-state index contributed by atoms with van der Waals surface area (Å²) in [5, 5.41) is 25.8. The maximum Gasteiger partial charge on any atom is 0.356 e. The van der Waals surface area contributed by atoms with Crippen molar-refractivity contribution < 1.29 is 18.3 Å². The first kappa shape index (κ1) is 14.1. The second-order valence-electron chi connectivity index (χ2n) is 2.88. The molecule has 0 atom stereocenters. The predicted molar refractivity (Wildman–Crippen MR) is 59.1 cm³/mol. The molecule has 0 bridgehead atoms. The number of nitrogens with zero attached hydrogens (tertiary/aromatic N) is 4. The zero-order valence-electron chi connectivity index (χ0n) is 8.77. The average Bonchev–Trinajstić information content (AvgIpc) is 2.78. The van der Waals surface area contributed by atoms with Crippen molar-refractivity contribution in [2.24, 2.45) is 0 Å². The molecule has 0 saturated carbocycles. The van der Waals surface area contributed by atoms with Gasteiger partial charge in [-0.3, -0.25) is 0 Å². The van der Waals surface area contributed by atoms with E-state index >= 15 is 0 Å². The van der Waals surface area contributed by atoms with Crippen LogP contribution in [0.15, 0.2) is 9.72 Å². The van der Waals surface area contributed by atoms with E-state index < -0.39 is 39.0 Å². The zero-order chi connectivity index (χ0) is 13.8. The van der Waals surface area contributed by atoms with Crippen LogP contribution in [0.1, 0.15) is 10.5 Å². The monoisotopic (exact) mass is 286 g/mol. The van der Waals surface area contributed by atoms with Gasteiger partial charge < -0.3 is 5.11 Å². The van der Waals surface area contributed by atoms with Crippen molar-refractivity contribution in [1.82, 2.24) is 9.29 Å². The Kier molecular flexibility index (Phi) is 4.33. The smallest absolute Gasteiger partial charge is 0.356 e. The summed E-state index contributed by atoms with van der Waals surface area (Å²) >= 11 is 0.624. The molecule has 1 aromatic rings. The van der Waals surface area contributed by atoms with Crippen LogP contribution in [0.3, 0.4) is 0 Å². The molecule has 1 N–H and O–H groups in total. The van der Waals surface area contributed by atoms with Crippen LogP contribution in [-0.2, 0) is 10.0 Å². The molecule has 8 nitrogen and oxygen atoms in total. The fraction of sp³-hybridized carbons (Fsp3) is 0.250. The van der Waals surface area contributed by atoms with Gasteiger partial charge >= 0.3 is 5.97 Å². The Morgan fingerprint density at radius 2 is 2.00 bits per heavy atom. The first-order valence-corrected chi connectivity index (χ1v) is 6.68. The number of thiazole rings is 1. The lowest BCUT2D eigenvalue weighted by atomic mass is 10.5. The van der Waals surface area contributed by atoms with Crippen molar-refractivity contribution in [3.8, 4) is 12.1 Å². The molecule has 0 amide bonds. The van der Waals surface area contributed by atoms with Crippen molar-refractivity contribution in [3.63, 3.8) is 0 Å². The van der Waals surface area contributed by atoms with Crippen LogP contribution in [0.2, 0.25) is 0 Å². The van der Waals surface area contributed by atoms with Gasteiger partial charge in [0.05, 0.1) is 17.6 Å². The fourth-order valence-corrected chi connectivity index (χ4v) is 3.57. The minimum Gasteiger partial charge on any atom is -0.476 e. The number of aromatic nitrogens is 1. The van der Waals surface area contributed by atoms with E-state index in [9.17, 15) is 13.2 Å². The Bertz CT molecular complexity index is 621. The van der Waals surface area contributed by atoms with Crippen LogP contribution in [0.5, 0.6) is 0 Å². The van der Waals surface area contributed by atoms with Gasteiger partial charge in [0.1, 0.15) is 13.1 Å². The van der Waals surface area contributed by atoms with Gasteiger partial charge in [-0.2, -0.15) is 14.8 Å². The van der Waals surface area contributed by atoms with Gasteiger partial charge in [0.15, 0.2) is 9.90 Å². The van der Waals surface area contributed by atoms with Gasteiger partial charge in [-0.15, -0.1) is 11.3 Å². The maximum absolute atomic E-state index is 12.0. The minimum absolute atomic E-state index is 0.486. The maximum atomic E-state index is 12.0. The summed E-state index contributed by atoms with van der Waals surface area (Å²) in [4.78, 5) is 14.2. The number of hydrogen-bond donors (Lipinski definition) is 1. The van der Waals surface area contributed by atoms with E-state index in [2.05, 4.69) is 4.98 Å². The molecule has 0 aromatic carbocycles. The van der Waals surface area contributed by atoms with Gasteiger partial charge in [-0.25, -0.2) is 18.2 Å². The number of sulfonamides is 1. The Balaban J connectivity index is 3.28. The lowest BCUT2D eigenvalue weighted by Gasteiger charge is -2.14. The Hall–Kier alpha value is -2.01. The first-order valence-electron chi connectivity index (χ1n) is 4.36. The van der Waals surface area contributed by atoms with E-state index in [0.717, 1.165) is 5.51 Å². The zero-order valence-corrected chi connectivity index (χ0v) is 10.4. The largest absolute Gasteiger partial charge is 0.476 e. The summed E-state index contributed by atoms with van der Waals surface area (Å²) in [5.74, 6) is -1.48. The van der Waals surface area contributed by atoms with Crippen LogP contribution in [0.25, 0.3) is 0 Å². The summed E-state index contributed by atoms with van der Waals surface area (Å²) in [7, 11) is -4.19. The van der Waals surface area contributed by atoms with E-state index in [1.165, 1.54) is 0 Å². The molecule has 0 unspecified atom stereocenters. The standard InChI is InChI=1S/C8H6N4O4S2/c9-1-3-12(4-2-10)18(15,16)8-6(7(13)14)11-5-17-8/h5H,3-4H2,(H,13,14). The van der Waals surface area contributed by atoms with E-state index in [-0.39, 0.29) is 0 Å². The topological polar surface area (TPSA) is 135 Å². The van der Waals surface area contributed by atoms with Gasteiger partial charge in [0, 0.05) is 0 Å². The number of nitriles is 2. The van der Waals surface area contributed by atoms with Crippen molar-refractivity contribution in [1.29, 1.82) is 10.5 Å². The molecule has 0 fully saturated rings. The van der Waals surface area contributed by atoms with Crippen molar-refractivity contribution in [2.45, 2.75) is 4.21 Å². The van der Waals surface area contributed by atoms with Crippen LogP contribution < -0.4 is 0 Å². The summed E-state index contributed by atoms with van der Waals surface area (Å²) in [5.41, 5.74) is 0.466.